The topological polar surface area (TPSA) is 38.5 Å². The van der Waals surface area contributed by atoms with Gasteiger partial charge < -0.3 is 10.5 Å². The Morgan fingerprint density at radius 2 is 2.12 bits per heavy atom. The lowest BCUT2D eigenvalue weighted by molar-refractivity contribution is -0.113. The van der Waals surface area contributed by atoms with E-state index in [0.29, 0.717) is 0 Å². The Morgan fingerprint density at radius 1 is 1.41 bits per heavy atom. The molecule has 0 bridgehead atoms. The maximum Gasteiger partial charge on any atom is 0.0644 e. The van der Waals surface area contributed by atoms with Crippen LogP contribution in [-0.2, 0) is 4.74 Å². The predicted octanol–water partition coefficient (Wildman–Crippen LogP) is 1.96. The highest BCUT2D eigenvalue weighted by molar-refractivity contribution is 7.98. The van der Waals surface area contributed by atoms with E-state index in [4.69, 9.17) is 10.5 Å². The molecule has 3 nitrogen and oxygen atoms in total. The minimum absolute atomic E-state index is 0.0363. The van der Waals surface area contributed by atoms with E-state index < -0.39 is 0 Å². The lowest BCUT2D eigenvalue weighted by atomic mass is 9.80. The molecule has 0 aromatic carbocycles. The highest BCUT2D eigenvalue weighted by Gasteiger charge is 2.42. The molecule has 2 N–H and O–H groups in total. The molecule has 0 aromatic heterocycles. The monoisotopic (exact) mass is 260 g/mol. The first-order valence-electron chi connectivity index (χ1n) is 6.50. The minimum Gasteiger partial charge on any atom is -0.375 e. The molecule has 1 aliphatic heterocycles. The summed E-state index contributed by atoms with van der Waals surface area (Å²) in [7, 11) is 2.22. The van der Waals surface area contributed by atoms with Crippen molar-refractivity contribution in [3.05, 3.63) is 0 Å². The van der Waals surface area contributed by atoms with Crippen LogP contribution in [0.15, 0.2) is 0 Å². The van der Waals surface area contributed by atoms with E-state index in [1.165, 1.54) is 12.2 Å². The number of hydrogen-bond acceptors (Lipinski definition) is 4. The predicted molar refractivity (Wildman–Crippen MR) is 76.7 cm³/mol. The third-order valence-electron chi connectivity index (χ3n) is 3.85. The van der Waals surface area contributed by atoms with Crippen molar-refractivity contribution in [3.63, 3.8) is 0 Å². The van der Waals surface area contributed by atoms with Gasteiger partial charge in [-0.15, -0.1) is 0 Å². The Kier molecular flexibility index (Phi) is 5.77. The lowest BCUT2D eigenvalue weighted by Gasteiger charge is -2.49. The molecule has 1 heterocycles. The molecular formula is C13H28N2OS. The van der Waals surface area contributed by atoms with Crippen LogP contribution in [0, 0.1) is 0 Å². The zero-order valence-corrected chi connectivity index (χ0v) is 12.6. The summed E-state index contributed by atoms with van der Waals surface area (Å²) in [5, 5.41) is 0. The lowest BCUT2D eigenvalue weighted by Crippen LogP contribution is -2.59. The van der Waals surface area contributed by atoms with E-state index >= 15 is 0 Å². The van der Waals surface area contributed by atoms with Crippen LogP contribution in [0.1, 0.15) is 33.1 Å². The molecule has 102 valence electrons. The molecule has 0 spiro atoms. The van der Waals surface area contributed by atoms with Crippen molar-refractivity contribution in [2.45, 2.75) is 44.2 Å². The summed E-state index contributed by atoms with van der Waals surface area (Å²) >= 11 is 1.91. The van der Waals surface area contributed by atoms with Crippen LogP contribution < -0.4 is 5.73 Å². The third kappa shape index (κ3) is 4.12. The molecule has 1 rings (SSSR count). The first-order chi connectivity index (χ1) is 7.96. The average molecular weight is 260 g/mol. The normalized spacial score (nSPS) is 28.6. The second-order valence-electron chi connectivity index (χ2n) is 5.73. The van der Waals surface area contributed by atoms with Crippen molar-refractivity contribution in [2.24, 2.45) is 5.73 Å². The largest absolute Gasteiger partial charge is 0.375 e. The Bertz CT molecular complexity index is 235. The number of rotatable bonds is 6. The zero-order chi connectivity index (χ0) is 12.9. The second-order valence-corrected chi connectivity index (χ2v) is 6.72. The summed E-state index contributed by atoms with van der Waals surface area (Å²) in [6, 6.07) is 0. The summed E-state index contributed by atoms with van der Waals surface area (Å²) in [4.78, 5) is 2.47. The average Bonchev–Trinajstić information content (AvgIpc) is 2.27. The molecule has 0 aromatic rings. The molecule has 1 fully saturated rings. The Hall–Kier alpha value is 0.230. The van der Waals surface area contributed by atoms with Gasteiger partial charge in [0.05, 0.1) is 5.60 Å². The number of hydrogen-bond donors (Lipinski definition) is 1. The zero-order valence-electron chi connectivity index (χ0n) is 11.8. The summed E-state index contributed by atoms with van der Waals surface area (Å²) in [6.07, 6.45) is 5.49. The molecule has 0 amide bonds. The van der Waals surface area contributed by atoms with E-state index in [-0.39, 0.29) is 11.1 Å². The highest BCUT2D eigenvalue weighted by Crippen LogP contribution is 2.35. The third-order valence-corrected chi connectivity index (χ3v) is 4.54. The number of nitrogens with two attached hydrogens (primary N) is 1. The van der Waals surface area contributed by atoms with E-state index in [0.717, 1.165) is 32.5 Å². The van der Waals surface area contributed by atoms with Gasteiger partial charge in [-0.05, 0) is 58.7 Å². The second kappa shape index (κ2) is 6.41. The van der Waals surface area contributed by atoms with Gasteiger partial charge in [0.1, 0.15) is 0 Å². The SMILES string of the molecule is CSCCCN(C)C1(CN)CCOC(C)(C)C1. The van der Waals surface area contributed by atoms with Gasteiger partial charge in [-0.2, -0.15) is 11.8 Å². The summed E-state index contributed by atoms with van der Waals surface area (Å²) in [5.41, 5.74) is 6.16. The highest BCUT2D eigenvalue weighted by atomic mass is 32.2. The molecule has 0 radical (unpaired) electrons. The van der Waals surface area contributed by atoms with Crippen LogP contribution in [0.5, 0.6) is 0 Å². The maximum atomic E-state index is 6.06. The fraction of sp³-hybridized carbons (Fsp3) is 1.00. The number of thioether (sulfide) groups is 1. The van der Waals surface area contributed by atoms with Crippen LogP contribution in [-0.4, -0.2) is 54.8 Å². The molecule has 0 aliphatic carbocycles. The molecule has 4 heteroatoms. The van der Waals surface area contributed by atoms with Crippen molar-refractivity contribution in [1.82, 2.24) is 4.90 Å². The Labute approximate surface area is 110 Å². The van der Waals surface area contributed by atoms with E-state index in [1.807, 2.05) is 11.8 Å². The van der Waals surface area contributed by atoms with Crippen molar-refractivity contribution >= 4 is 11.8 Å². The van der Waals surface area contributed by atoms with Gasteiger partial charge in [-0.3, -0.25) is 4.90 Å². The number of ether oxygens (including phenoxy) is 1. The molecule has 1 saturated heterocycles. The number of likely N-dealkylation sites (N-methyl/N-ethyl adjacent to an activating group) is 1. The van der Waals surface area contributed by atoms with Crippen LogP contribution in [0.3, 0.4) is 0 Å². The van der Waals surface area contributed by atoms with Crippen molar-refractivity contribution in [1.29, 1.82) is 0 Å². The first kappa shape index (κ1) is 15.3. The molecule has 1 unspecified atom stereocenters. The van der Waals surface area contributed by atoms with E-state index in [9.17, 15) is 0 Å². The summed E-state index contributed by atoms with van der Waals surface area (Å²) in [6.45, 7) is 7.04. The molecule has 17 heavy (non-hydrogen) atoms. The van der Waals surface area contributed by atoms with Crippen LogP contribution >= 0.6 is 11.8 Å². The quantitative estimate of drug-likeness (QED) is 0.741. The minimum atomic E-state index is -0.0363. The van der Waals surface area contributed by atoms with Crippen LogP contribution in [0.25, 0.3) is 0 Å². The van der Waals surface area contributed by atoms with Gasteiger partial charge in [-0.1, -0.05) is 0 Å². The molecule has 1 aliphatic rings. The van der Waals surface area contributed by atoms with Gasteiger partial charge in [0.25, 0.3) is 0 Å². The van der Waals surface area contributed by atoms with Gasteiger partial charge in [0, 0.05) is 18.7 Å². The van der Waals surface area contributed by atoms with Crippen LogP contribution in [0.4, 0.5) is 0 Å². The fourth-order valence-electron chi connectivity index (χ4n) is 2.79. The van der Waals surface area contributed by atoms with Gasteiger partial charge >= 0.3 is 0 Å². The first-order valence-corrected chi connectivity index (χ1v) is 7.89. The molecule has 1 atom stereocenters. The number of nitrogens with zero attached hydrogens (tertiary/aromatic N) is 1. The van der Waals surface area contributed by atoms with Gasteiger partial charge in [0.15, 0.2) is 0 Å². The van der Waals surface area contributed by atoms with Crippen molar-refractivity contribution < 1.29 is 4.74 Å². The molecule has 0 saturated carbocycles. The Balaban J connectivity index is 2.60. The summed E-state index contributed by atoms with van der Waals surface area (Å²) < 4.78 is 5.81. The van der Waals surface area contributed by atoms with E-state index in [1.54, 1.807) is 0 Å². The maximum absolute atomic E-state index is 6.06. The Morgan fingerprint density at radius 3 is 2.65 bits per heavy atom. The van der Waals surface area contributed by atoms with E-state index in [2.05, 4.69) is 32.1 Å². The van der Waals surface area contributed by atoms with Gasteiger partial charge in [-0.25, -0.2) is 0 Å². The smallest absolute Gasteiger partial charge is 0.0644 e. The fourth-order valence-corrected chi connectivity index (χ4v) is 3.21. The standard InChI is InChI=1S/C13H28N2OS/c1-12(2)10-13(11-14,6-8-16-12)15(3)7-5-9-17-4/h5-11,14H2,1-4H3. The summed E-state index contributed by atoms with van der Waals surface area (Å²) in [5.74, 6) is 1.23. The van der Waals surface area contributed by atoms with Crippen molar-refractivity contribution in [2.75, 3.05) is 38.8 Å². The van der Waals surface area contributed by atoms with Crippen molar-refractivity contribution in [3.8, 4) is 0 Å². The van der Waals surface area contributed by atoms with Gasteiger partial charge in [0.2, 0.25) is 0 Å². The van der Waals surface area contributed by atoms with Crippen LogP contribution in [0.2, 0.25) is 0 Å². The molecular weight excluding hydrogens is 232 g/mol.